The summed E-state index contributed by atoms with van der Waals surface area (Å²) >= 11 is 2.12. The van der Waals surface area contributed by atoms with E-state index in [1.54, 1.807) is 12.1 Å². The first-order valence-electron chi connectivity index (χ1n) is 2.21. The van der Waals surface area contributed by atoms with Gasteiger partial charge in [-0.1, -0.05) is 17.8 Å². The summed E-state index contributed by atoms with van der Waals surface area (Å²) in [5, 5.41) is 10.7. The molecule has 0 fully saturated rings. The molecule has 0 aliphatic carbocycles. The van der Waals surface area contributed by atoms with Gasteiger partial charge in [0.1, 0.15) is 5.30 Å². The molecule has 0 spiro atoms. The van der Waals surface area contributed by atoms with Crippen LogP contribution in [0, 0.1) is 0 Å². The molecule has 0 bridgehead atoms. The Kier molecular flexibility index (Phi) is 6.43. The number of carboxylic acid groups (broad SMARTS) is 1. The maximum absolute atomic E-state index is 9.93. The van der Waals surface area contributed by atoms with Crippen molar-refractivity contribution in [3.63, 3.8) is 0 Å². The van der Waals surface area contributed by atoms with Gasteiger partial charge < -0.3 is 9.90 Å². The van der Waals surface area contributed by atoms with Crippen LogP contribution in [0.5, 0.6) is 0 Å². The van der Waals surface area contributed by atoms with E-state index >= 15 is 0 Å². The first-order chi connectivity index (χ1) is 4.29. The molecule has 1 rings (SSSR count). The molecule has 2 nitrogen and oxygen atoms in total. The van der Waals surface area contributed by atoms with E-state index in [0.717, 1.165) is 16.0 Å². The number of rotatable bonds is 1. The number of thioether (sulfide) groups is 1. The largest absolute Gasteiger partial charge is 1.00 e. The van der Waals surface area contributed by atoms with Crippen LogP contribution in [-0.4, -0.2) is 5.30 Å². The molecule has 0 radical (unpaired) electrons. The van der Waals surface area contributed by atoms with Crippen LogP contribution in [0.4, 0.5) is 4.79 Å². The Labute approximate surface area is 109 Å². The normalized spacial score (nSPS) is 8.40. The van der Waals surface area contributed by atoms with E-state index in [1.165, 1.54) is 11.3 Å². The SMILES string of the molecule is O=C([O-])Sc1cccs1.[K+]. The van der Waals surface area contributed by atoms with Gasteiger partial charge in [0, 0.05) is 0 Å². The van der Waals surface area contributed by atoms with Crippen molar-refractivity contribution in [2.24, 2.45) is 0 Å². The Morgan fingerprint density at radius 3 is 2.80 bits per heavy atom. The van der Waals surface area contributed by atoms with E-state index in [9.17, 15) is 9.90 Å². The maximum Gasteiger partial charge on any atom is 1.00 e. The van der Waals surface area contributed by atoms with E-state index < -0.39 is 5.30 Å². The van der Waals surface area contributed by atoms with Crippen molar-refractivity contribution in [1.82, 2.24) is 0 Å². The van der Waals surface area contributed by atoms with Crippen LogP contribution in [0.15, 0.2) is 21.7 Å². The molecular formula is C5H3KO2S2. The Bertz CT molecular complexity index is 197. The molecule has 0 aromatic carbocycles. The fourth-order valence-electron chi connectivity index (χ4n) is 0.404. The number of hydrogen-bond donors (Lipinski definition) is 0. The van der Waals surface area contributed by atoms with Gasteiger partial charge in [-0.15, -0.1) is 11.3 Å². The Morgan fingerprint density at radius 1 is 1.70 bits per heavy atom. The van der Waals surface area contributed by atoms with Crippen molar-refractivity contribution in [3.8, 4) is 0 Å². The molecule has 10 heavy (non-hydrogen) atoms. The van der Waals surface area contributed by atoms with E-state index in [2.05, 4.69) is 0 Å². The minimum absolute atomic E-state index is 0. The molecule has 0 aliphatic rings. The van der Waals surface area contributed by atoms with Crippen LogP contribution in [0.25, 0.3) is 0 Å². The van der Waals surface area contributed by atoms with Gasteiger partial charge >= 0.3 is 51.4 Å². The Balaban J connectivity index is 0.000000810. The molecule has 0 amide bonds. The van der Waals surface area contributed by atoms with Crippen molar-refractivity contribution in [3.05, 3.63) is 17.5 Å². The summed E-state index contributed by atoms with van der Waals surface area (Å²) in [7, 11) is 0. The standard InChI is InChI=1S/C5H4O2S2.K/c6-5(7)9-4-2-1-3-8-4;/h1-3H,(H,6,7);/q;+1/p-1. The average Bonchev–Trinajstić information content (AvgIpc) is 2.15. The molecule has 0 aliphatic heterocycles. The third kappa shape index (κ3) is 4.12. The predicted octanol–water partition coefficient (Wildman–Crippen LogP) is -1.81. The average molecular weight is 198 g/mol. The van der Waals surface area contributed by atoms with Gasteiger partial charge in [0.05, 0.1) is 4.21 Å². The number of thiophene rings is 1. The van der Waals surface area contributed by atoms with E-state index in [4.69, 9.17) is 0 Å². The maximum atomic E-state index is 9.93. The van der Waals surface area contributed by atoms with Gasteiger partial charge in [-0.3, -0.25) is 0 Å². The fourth-order valence-corrected chi connectivity index (χ4v) is 1.73. The van der Waals surface area contributed by atoms with Crippen molar-refractivity contribution in [1.29, 1.82) is 0 Å². The second-order valence-corrected chi connectivity index (χ2v) is 3.47. The third-order valence-electron chi connectivity index (χ3n) is 0.679. The van der Waals surface area contributed by atoms with Gasteiger partial charge in [-0.2, -0.15) is 0 Å². The first kappa shape index (κ1) is 11.2. The van der Waals surface area contributed by atoms with E-state index in [0.29, 0.717) is 0 Å². The fraction of sp³-hybridized carbons (Fsp3) is 0. The minimum atomic E-state index is -1.10. The molecule has 0 saturated heterocycles. The van der Waals surface area contributed by atoms with Gasteiger partial charge in [-0.05, 0) is 11.4 Å². The molecule has 5 heteroatoms. The van der Waals surface area contributed by atoms with Crippen LogP contribution in [0.3, 0.4) is 0 Å². The van der Waals surface area contributed by atoms with E-state index in [1.807, 2.05) is 5.38 Å². The van der Waals surface area contributed by atoms with Crippen LogP contribution < -0.4 is 56.5 Å². The molecule has 48 valence electrons. The zero-order chi connectivity index (χ0) is 6.69. The van der Waals surface area contributed by atoms with Crippen molar-refractivity contribution in [2.45, 2.75) is 4.21 Å². The number of carbonyl (C=O) groups excluding carboxylic acids is 1. The molecule has 1 aromatic heterocycles. The topological polar surface area (TPSA) is 40.1 Å². The molecule has 1 aromatic rings. The first-order valence-corrected chi connectivity index (χ1v) is 3.91. The second kappa shape index (κ2) is 5.76. The molecule has 0 N–H and O–H groups in total. The minimum Gasteiger partial charge on any atom is -0.538 e. The quantitative estimate of drug-likeness (QED) is 0.394. The number of carbonyl (C=O) groups is 1. The van der Waals surface area contributed by atoms with E-state index in [-0.39, 0.29) is 51.4 Å². The summed E-state index contributed by atoms with van der Waals surface area (Å²) in [4.78, 5) is 9.93. The van der Waals surface area contributed by atoms with Gasteiger partial charge in [0.15, 0.2) is 0 Å². The smallest absolute Gasteiger partial charge is 0.538 e. The Morgan fingerprint density at radius 2 is 2.40 bits per heavy atom. The van der Waals surface area contributed by atoms with Crippen LogP contribution in [0.2, 0.25) is 0 Å². The van der Waals surface area contributed by atoms with Crippen LogP contribution >= 0.6 is 23.1 Å². The van der Waals surface area contributed by atoms with Crippen molar-refractivity contribution < 1.29 is 61.3 Å². The van der Waals surface area contributed by atoms with Crippen LogP contribution in [0.1, 0.15) is 0 Å². The third-order valence-corrected chi connectivity index (χ3v) is 2.38. The van der Waals surface area contributed by atoms with Crippen LogP contribution in [-0.2, 0) is 0 Å². The zero-order valence-electron chi connectivity index (χ0n) is 5.37. The van der Waals surface area contributed by atoms with Gasteiger partial charge in [0.25, 0.3) is 0 Å². The second-order valence-electron chi connectivity index (χ2n) is 1.28. The molecule has 1 heterocycles. The molecule has 0 saturated carbocycles. The van der Waals surface area contributed by atoms with Crippen molar-refractivity contribution in [2.75, 3.05) is 0 Å². The van der Waals surface area contributed by atoms with Gasteiger partial charge in [-0.25, -0.2) is 0 Å². The molecule has 0 unspecified atom stereocenters. The molecule has 0 atom stereocenters. The Hall–Kier alpha value is 1.16. The summed E-state index contributed by atoms with van der Waals surface area (Å²) in [6, 6.07) is 3.54. The summed E-state index contributed by atoms with van der Waals surface area (Å²) in [5.74, 6) is 0. The summed E-state index contributed by atoms with van der Waals surface area (Å²) in [5.41, 5.74) is 0. The summed E-state index contributed by atoms with van der Waals surface area (Å²) < 4.78 is 0.759. The zero-order valence-corrected chi connectivity index (χ0v) is 10.1. The monoisotopic (exact) mass is 198 g/mol. The number of hydrogen-bond acceptors (Lipinski definition) is 4. The van der Waals surface area contributed by atoms with Crippen molar-refractivity contribution >= 4 is 28.4 Å². The molecular weight excluding hydrogens is 195 g/mol. The summed E-state index contributed by atoms with van der Waals surface area (Å²) in [6.45, 7) is 0. The van der Waals surface area contributed by atoms with Gasteiger partial charge in [0.2, 0.25) is 0 Å². The summed E-state index contributed by atoms with van der Waals surface area (Å²) in [6.07, 6.45) is 0. The predicted molar refractivity (Wildman–Crippen MR) is 35.6 cm³/mol.